The molecule has 3 rings (SSSR count). The molecule has 0 radical (unpaired) electrons. The molecule has 1 aromatic heterocycles. The van der Waals surface area contributed by atoms with Crippen molar-refractivity contribution in [3.63, 3.8) is 0 Å². The summed E-state index contributed by atoms with van der Waals surface area (Å²) in [5.41, 5.74) is 2.30. The molecular weight excluding hydrogens is 393 g/mol. The minimum absolute atomic E-state index is 0. The summed E-state index contributed by atoms with van der Waals surface area (Å²) in [5.74, 6) is 0. The van der Waals surface area contributed by atoms with Crippen LogP contribution in [0.25, 0.3) is 6.08 Å². The van der Waals surface area contributed by atoms with Gasteiger partial charge in [-0.3, -0.25) is 0 Å². The highest BCUT2D eigenvalue weighted by Crippen LogP contribution is 2.45. The van der Waals surface area contributed by atoms with Gasteiger partial charge in [0.15, 0.2) is 5.69 Å². The van der Waals surface area contributed by atoms with Crippen molar-refractivity contribution in [2.24, 2.45) is 0 Å². The fourth-order valence-electron chi connectivity index (χ4n) is 2.28. The molecule has 0 spiro atoms. The topological polar surface area (TPSA) is 20.0 Å². The number of nitrogens with zero attached hydrogens (tertiary/aromatic N) is 3. The number of halogens is 1. The van der Waals surface area contributed by atoms with Crippen molar-refractivity contribution in [1.29, 1.82) is 0 Å². The van der Waals surface area contributed by atoms with E-state index in [4.69, 9.17) is 0 Å². The first-order chi connectivity index (χ1) is 9.81. The predicted octanol–water partition coefficient (Wildman–Crippen LogP) is 0.324. The molecule has 0 saturated heterocycles. The van der Waals surface area contributed by atoms with E-state index >= 15 is 0 Å². The molecule has 0 bridgehead atoms. The smallest absolute Gasteiger partial charge is 0.286 e. The van der Waals surface area contributed by atoms with Gasteiger partial charge in [-0.25, -0.2) is 4.57 Å². The number of rotatable bonds is 3. The minimum atomic E-state index is 0. The SMILES string of the molecule is CCN1C(=Cc2cc[n+](CC)cn2)Sc2ccccc21.[I-]. The number of hydrogen-bond acceptors (Lipinski definition) is 3. The Morgan fingerprint density at radius 1 is 1.24 bits per heavy atom. The Balaban J connectivity index is 0.00000161. The van der Waals surface area contributed by atoms with Crippen LogP contribution in [0.2, 0.25) is 0 Å². The summed E-state index contributed by atoms with van der Waals surface area (Å²) in [7, 11) is 0. The molecule has 1 aliphatic rings. The van der Waals surface area contributed by atoms with E-state index < -0.39 is 0 Å². The maximum Gasteiger partial charge on any atom is 0.286 e. The van der Waals surface area contributed by atoms with E-state index in [1.54, 1.807) is 0 Å². The Hall–Kier alpha value is -1.08. The van der Waals surface area contributed by atoms with Gasteiger partial charge in [-0.15, -0.1) is 0 Å². The van der Waals surface area contributed by atoms with Crippen LogP contribution in [-0.2, 0) is 6.54 Å². The van der Waals surface area contributed by atoms with Crippen LogP contribution >= 0.6 is 11.8 Å². The van der Waals surface area contributed by atoms with Crippen LogP contribution in [0.5, 0.6) is 0 Å². The number of anilines is 1. The Morgan fingerprint density at radius 2 is 2.05 bits per heavy atom. The number of benzene rings is 1. The third-order valence-corrected chi connectivity index (χ3v) is 4.49. The second-order valence-corrected chi connectivity index (χ2v) is 5.67. The van der Waals surface area contributed by atoms with Crippen LogP contribution < -0.4 is 33.4 Å². The second-order valence-electron chi connectivity index (χ2n) is 4.61. The number of para-hydroxylation sites is 1. The summed E-state index contributed by atoms with van der Waals surface area (Å²) in [6.07, 6.45) is 6.12. The molecule has 110 valence electrons. The van der Waals surface area contributed by atoms with Crippen molar-refractivity contribution < 1.29 is 28.5 Å². The lowest BCUT2D eigenvalue weighted by molar-refractivity contribution is -0.696. The van der Waals surface area contributed by atoms with Gasteiger partial charge < -0.3 is 28.9 Å². The number of fused-ring (bicyclic) bond motifs is 1. The normalized spacial score (nSPS) is 15.0. The maximum atomic E-state index is 4.49. The molecular formula is C16H18IN3S. The van der Waals surface area contributed by atoms with Crippen molar-refractivity contribution in [1.82, 2.24) is 4.98 Å². The van der Waals surface area contributed by atoms with Gasteiger partial charge in [0.1, 0.15) is 0 Å². The lowest BCUT2D eigenvalue weighted by Gasteiger charge is -2.17. The molecule has 2 heterocycles. The minimum Gasteiger partial charge on any atom is -1.00 e. The first-order valence-corrected chi connectivity index (χ1v) is 7.74. The quantitative estimate of drug-likeness (QED) is 0.536. The fourth-order valence-corrected chi connectivity index (χ4v) is 3.45. The average molecular weight is 411 g/mol. The molecule has 2 aromatic rings. The number of hydrogen-bond donors (Lipinski definition) is 0. The van der Waals surface area contributed by atoms with E-state index in [0.717, 1.165) is 18.8 Å². The van der Waals surface area contributed by atoms with E-state index in [2.05, 4.69) is 70.9 Å². The summed E-state index contributed by atoms with van der Waals surface area (Å²) in [5, 5.41) is 1.25. The van der Waals surface area contributed by atoms with Gasteiger partial charge in [0.05, 0.1) is 23.5 Å². The average Bonchev–Trinajstić information content (AvgIpc) is 2.85. The zero-order valence-corrected chi connectivity index (χ0v) is 15.1. The van der Waals surface area contributed by atoms with E-state index in [9.17, 15) is 0 Å². The first-order valence-electron chi connectivity index (χ1n) is 6.93. The molecule has 1 aliphatic heterocycles. The summed E-state index contributed by atoms with van der Waals surface area (Å²) in [6, 6.07) is 10.6. The Labute approximate surface area is 147 Å². The first kappa shape index (κ1) is 16.3. The molecule has 0 unspecified atom stereocenters. The van der Waals surface area contributed by atoms with Gasteiger partial charge in [0, 0.05) is 23.6 Å². The Bertz CT molecular complexity index is 640. The molecule has 3 nitrogen and oxygen atoms in total. The zero-order valence-electron chi connectivity index (χ0n) is 12.2. The van der Waals surface area contributed by atoms with Crippen LogP contribution in [-0.4, -0.2) is 11.5 Å². The third kappa shape index (κ3) is 3.40. The van der Waals surface area contributed by atoms with Crippen molar-refractivity contribution in [2.45, 2.75) is 25.3 Å². The standard InChI is InChI=1S/C16H18N3S.HI/c1-3-18-10-9-13(17-12-18)11-16-19(4-2)14-7-5-6-8-15(14)20-16;/h5-12H,3-4H2,1-2H3;1H/q+1;/p-1. The Morgan fingerprint density at radius 3 is 2.71 bits per heavy atom. The Kier molecular flexibility index (Phi) is 5.64. The largest absolute Gasteiger partial charge is 1.00 e. The molecule has 5 heteroatoms. The van der Waals surface area contributed by atoms with E-state index in [1.165, 1.54) is 15.6 Å². The summed E-state index contributed by atoms with van der Waals surface area (Å²) >= 11 is 1.81. The molecule has 0 fully saturated rings. The maximum absolute atomic E-state index is 4.49. The number of aryl methyl sites for hydroxylation is 1. The van der Waals surface area contributed by atoms with Gasteiger partial charge in [0.25, 0.3) is 6.33 Å². The van der Waals surface area contributed by atoms with Gasteiger partial charge in [-0.05, 0) is 31.0 Å². The zero-order chi connectivity index (χ0) is 13.9. The summed E-state index contributed by atoms with van der Waals surface area (Å²) in [6.45, 7) is 6.21. The predicted molar refractivity (Wildman–Crippen MR) is 83.4 cm³/mol. The molecule has 21 heavy (non-hydrogen) atoms. The molecule has 0 saturated carbocycles. The van der Waals surface area contributed by atoms with Gasteiger partial charge >= 0.3 is 0 Å². The van der Waals surface area contributed by atoms with Crippen molar-refractivity contribution in [3.05, 3.63) is 53.6 Å². The van der Waals surface area contributed by atoms with E-state index in [1.807, 2.05) is 18.1 Å². The molecule has 0 amide bonds. The van der Waals surface area contributed by atoms with Gasteiger partial charge in [-0.1, -0.05) is 23.9 Å². The highest BCUT2D eigenvalue weighted by Gasteiger charge is 2.23. The monoisotopic (exact) mass is 411 g/mol. The fraction of sp³-hybridized carbons (Fsp3) is 0.250. The van der Waals surface area contributed by atoms with Crippen LogP contribution in [0.3, 0.4) is 0 Å². The van der Waals surface area contributed by atoms with Gasteiger partial charge in [0.2, 0.25) is 0 Å². The lowest BCUT2D eigenvalue weighted by atomic mass is 10.3. The van der Waals surface area contributed by atoms with Crippen LogP contribution in [0.4, 0.5) is 5.69 Å². The van der Waals surface area contributed by atoms with Crippen molar-refractivity contribution in [2.75, 3.05) is 11.4 Å². The van der Waals surface area contributed by atoms with Crippen LogP contribution in [0.1, 0.15) is 19.5 Å². The molecule has 1 aromatic carbocycles. The highest BCUT2D eigenvalue weighted by atomic mass is 127. The van der Waals surface area contributed by atoms with E-state index in [-0.39, 0.29) is 24.0 Å². The summed E-state index contributed by atoms with van der Waals surface area (Å²) < 4.78 is 2.07. The van der Waals surface area contributed by atoms with Crippen molar-refractivity contribution in [3.8, 4) is 0 Å². The third-order valence-electron chi connectivity index (χ3n) is 3.38. The molecule has 0 aliphatic carbocycles. The lowest BCUT2D eigenvalue weighted by Crippen LogP contribution is -3.00. The highest BCUT2D eigenvalue weighted by molar-refractivity contribution is 8.03. The molecule has 0 atom stereocenters. The van der Waals surface area contributed by atoms with E-state index in [0.29, 0.717) is 0 Å². The number of thioether (sulfide) groups is 1. The summed E-state index contributed by atoms with van der Waals surface area (Å²) in [4.78, 5) is 8.15. The van der Waals surface area contributed by atoms with Crippen LogP contribution in [0, 0.1) is 0 Å². The van der Waals surface area contributed by atoms with Gasteiger partial charge in [-0.2, -0.15) is 0 Å². The second kappa shape index (κ2) is 7.26. The van der Waals surface area contributed by atoms with Crippen molar-refractivity contribution >= 4 is 23.5 Å². The van der Waals surface area contributed by atoms with Crippen LogP contribution in [0.15, 0.2) is 52.8 Å². The number of aromatic nitrogens is 2. The molecule has 0 N–H and O–H groups in total.